The fourth-order valence-electron chi connectivity index (χ4n) is 2.52. The zero-order valence-electron chi connectivity index (χ0n) is 17.1. The molecule has 0 aliphatic heterocycles. The van der Waals surface area contributed by atoms with Gasteiger partial charge in [-0.3, -0.25) is 19.2 Å². The molecule has 0 saturated heterocycles. The molecule has 32 heavy (non-hydrogen) atoms. The molecule has 0 spiro atoms. The van der Waals surface area contributed by atoms with Gasteiger partial charge in [0, 0.05) is 18.6 Å². The number of carboxylic acid groups (broad SMARTS) is 1. The number of nitrogens with one attached hydrogen (secondary N) is 3. The number of carboxylic acids is 1. The van der Waals surface area contributed by atoms with Crippen molar-refractivity contribution in [2.75, 3.05) is 12.3 Å². The molecule has 4 amide bonds. The molecular weight excluding hydrogens is 442 g/mol. The Labute approximate surface area is 189 Å². The number of amides is 4. The number of carbonyl (C=O) groups excluding carboxylic acids is 4. The number of benzene rings is 1. The second-order valence-corrected chi connectivity index (χ2v) is 7.27. The van der Waals surface area contributed by atoms with E-state index in [0.717, 1.165) is 0 Å². The first-order valence-corrected chi connectivity index (χ1v) is 10.2. The molecule has 0 heterocycles. The van der Waals surface area contributed by atoms with E-state index in [4.69, 9.17) is 11.5 Å². The summed E-state index contributed by atoms with van der Waals surface area (Å²) < 4.78 is 0. The van der Waals surface area contributed by atoms with Crippen LogP contribution in [0.25, 0.3) is 0 Å². The molecule has 1 aromatic rings. The highest BCUT2D eigenvalue weighted by atomic mass is 32.1. The van der Waals surface area contributed by atoms with Crippen LogP contribution in [-0.4, -0.2) is 70.2 Å². The molecule has 176 valence electrons. The van der Waals surface area contributed by atoms with E-state index in [2.05, 4.69) is 28.6 Å². The second kappa shape index (κ2) is 13.2. The van der Waals surface area contributed by atoms with E-state index in [0.29, 0.717) is 5.56 Å². The maximum atomic E-state index is 12.7. The molecule has 3 unspecified atom stereocenters. The molecule has 13 heteroatoms. The lowest BCUT2D eigenvalue weighted by molar-refractivity contribution is -0.142. The standard InChI is InChI=1S/C19H27N5O7S/c20-12(9-32)17(28)22-8-16(27)23-14(7-10-1-3-11(25)4-2-10)18(29)24-13(19(30)31)5-6-15(21)26/h1-4,12-14,25,32H,5-9,20H2,(H2,21,26)(H,22,28)(H,23,27)(H,24,29)(H,30,31). The Morgan fingerprint density at radius 3 is 2.16 bits per heavy atom. The smallest absolute Gasteiger partial charge is 0.326 e. The van der Waals surface area contributed by atoms with Crippen molar-refractivity contribution in [3.05, 3.63) is 29.8 Å². The predicted octanol–water partition coefficient (Wildman–Crippen LogP) is -2.37. The summed E-state index contributed by atoms with van der Waals surface area (Å²) in [6.07, 6.45) is -0.526. The van der Waals surface area contributed by atoms with Gasteiger partial charge < -0.3 is 37.6 Å². The summed E-state index contributed by atoms with van der Waals surface area (Å²) in [5.74, 6) is -4.17. The first-order chi connectivity index (χ1) is 15.0. The van der Waals surface area contributed by atoms with E-state index in [1.165, 1.54) is 24.3 Å². The van der Waals surface area contributed by atoms with Crippen LogP contribution < -0.4 is 27.4 Å². The van der Waals surface area contributed by atoms with Gasteiger partial charge in [-0.05, 0) is 24.1 Å². The fraction of sp³-hybridized carbons (Fsp3) is 0.421. The number of rotatable bonds is 13. The number of nitrogens with two attached hydrogens (primary N) is 2. The lowest BCUT2D eigenvalue weighted by Gasteiger charge is -2.22. The Kier molecular flexibility index (Phi) is 11.0. The van der Waals surface area contributed by atoms with Crippen molar-refractivity contribution in [1.82, 2.24) is 16.0 Å². The number of hydrogen-bond donors (Lipinski definition) is 8. The lowest BCUT2D eigenvalue weighted by atomic mass is 10.0. The Morgan fingerprint density at radius 2 is 1.62 bits per heavy atom. The SMILES string of the molecule is NC(=O)CCC(NC(=O)C(Cc1ccc(O)cc1)NC(=O)CNC(=O)C(N)CS)C(=O)O. The number of phenols is 1. The second-order valence-electron chi connectivity index (χ2n) is 6.90. The van der Waals surface area contributed by atoms with Gasteiger partial charge in [0.05, 0.1) is 12.6 Å². The van der Waals surface area contributed by atoms with Gasteiger partial charge in [0.25, 0.3) is 0 Å². The van der Waals surface area contributed by atoms with Gasteiger partial charge in [0.2, 0.25) is 23.6 Å². The highest BCUT2D eigenvalue weighted by Crippen LogP contribution is 2.12. The fourth-order valence-corrected chi connectivity index (χ4v) is 2.69. The van der Waals surface area contributed by atoms with Crippen LogP contribution in [0.3, 0.4) is 0 Å². The third-order valence-corrected chi connectivity index (χ3v) is 4.67. The minimum atomic E-state index is -1.40. The first kappa shape index (κ1) is 26.7. The molecule has 12 nitrogen and oxygen atoms in total. The van der Waals surface area contributed by atoms with E-state index in [-0.39, 0.29) is 30.8 Å². The van der Waals surface area contributed by atoms with Gasteiger partial charge in [-0.25, -0.2) is 4.79 Å². The van der Waals surface area contributed by atoms with Crippen LogP contribution in [0.2, 0.25) is 0 Å². The van der Waals surface area contributed by atoms with Crippen molar-refractivity contribution in [1.29, 1.82) is 0 Å². The summed E-state index contributed by atoms with van der Waals surface area (Å²) in [6, 6.07) is 2.30. The van der Waals surface area contributed by atoms with E-state index < -0.39 is 54.3 Å². The van der Waals surface area contributed by atoms with Crippen LogP contribution in [0.4, 0.5) is 0 Å². The summed E-state index contributed by atoms with van der Waals surface area (Å²) in [5, 5.41) is 25.7. The topological polar surface area (TPSA) is 214 Å². The van der Waals surface area contributed by atoms with Crippen molar-refractivity contribution in [3.8, 4) is 5.75 Å². The minimum Gasteiger partial charge on any atom is -0.508 e. The molecule has 3 atom stereocenters. The minimum absolute atomic E-state index is 0.000536. The highest BCUT2D eigenvalue weighted by molar-refractivity contribution is 7.80. The molecule has 0 aromatic heterocycles. The number of carbonyl (C=O) groups is 5. The normalized spacial score (nSPS) is 13.3. The Balaban J connectivity index is 2.90. The Hall–Kier alpha value is -3.32. The van der Waals surface area contributed by atoms with Crippen LogP contribution in [0.1, 0.15) is 18.4 Å². The number of primary amides is 1. The molecule has 0 radical (unpaired) electrons. The quantitative estimate of drug-likeness (QED) is 0.146. The summed E-state index contributed by atoms with van der Waals surface area (Å²) in [6.45, 7) is -0.469. The molecule has 0 fully saturated rings. The van der Waals surface area contributed by atoms with Crippen LogP contribution in [0.15, 0.2) is 24.3 Å². The monoisotopic (exact) mass is 469 g/mol. The van der Waals surface area contributed by atoms with Gasteiger partial charge in [-0.2, -0.15) is 12.6 Å². The number of hydrogen-bond acceptors (Lipinski definition) is 8. The van der Waals surface area contributed by atoms with Crippen molar-refractivity contribution in [2.24, 2.45) is 11.5 Å². The van der Waals surface area contributed by atoms with Crippen molar-refractivity contribution in [3.63, 3.8) is 0 Å². The highest BCUT2D eigenvalue weighted by Gasteiger charge is 2.27. The summed E-state index contributed by atoms with van der Waals surface area (Å²) in [7, 11) is 0. The zero-order chi connectivity index (χ0) is 24.3. The molecule has 0 bridgehead atoms. The van der Waals surface area contributed by atoms with E-state index >= 15 is 0 Å². The Morgan fingerprint density at radius 1 is 1.00 bits per heavy atom. The van der Waals surface area contributed by atoms with Crippen molar-refractivity contribution >= 4 is 42.2 Å². The van der Waals surface area contributed by atoms with Crippen molar-refractivity contribution < 1.29 is 34.2 Å². The molecule has 1 aromatic carbocycles. The van der Waals surface area contributed by atoms with Gasteiger partial charge >= 0.3 is 5.97 Å². The maximum absolute atomic E-state index is 12.7. The zero-order valence-corrected chi connectivity index (χ0v) is 18.0. The van der Waals surface area contributed by atoms with Crippen LogP contribution in [0, 0.1) is 0 Å². The maximum Gasteiger partial charge on any atom is 0.326 e. The van der Waals surface area contributed by atoms with Crippen LogP contribution >= 0.6 is 12.6 Å². The average Bonchev–Trinajstić information content (AvgIpc) is 2.74. The van der Waals surface area contributed by atoms with Gasteiger partial charge in [0.1, 0.15) is 17.8 Å². The molecule has 9 N–H and O–H groups in total. The van der Waals surface area contributed by atoms with Crippen LogP contribution in [-0.2, 0) is 30.4 Å². The third kappa shape index (κ3) is 9.66. The first-order valence-electron chi connectivity index (χ1n) is 9.56. The number of aromatic hydroxyl groups is 1. The molecule has 0 saturated carbocycles. The van der Waals surface area contributed by atoms with Gasteiger partial charge in [-0.15, -0.1) is 0 Å². The van der Waals surface area contributed by atoms with E-state index in [1.807, 2.05) is 0 Å². The third-order valence-electron chi connectivity index (χ3n) is 4.28. The summed E-state index contributed by atoms with van der Waals surface area (Å²) in [5.41, 5.74) is 11.1. The lowest BCUT2D eigenvalue weighted by Crippen LogP contribution is -2.54. The number of phenolic OH excluding ortho intramolecular Hbond substituents is 1. The molecule has 0 aliphatic rings. The van der Waals surface area contributed by atoms with E-state index in [1.54, 1.807) is 0 Å². The Bertz CT molecular complexity index is 834. The summed E-state index contributed by atoms with van der Waals surface area (Å²) in [4.78, 5) is 59.1. The predicted molar refractivity (Wildman–Crippen MR) is 117 cm³/mol. The van der Waals surface area contributed by atoms with Crippen LogP contribution in [0.5, 0.6) is 5.75 Å². The average molecular weight is 470 g/mol. The molecule has 1 rings (SSSR count). The molecular formula is C19H27N5O7S. The number of aliphatic carboxylic acids is 1. The number of thiol groups is 1. The van der Waals surface area contributed by atoms with Gasteiger partial charge in [0.15, 0.2) is 0 Å². The van der Waals surface area contributed by atoms with Gasteiger partial charge in [-0.1, -0.05) is 12.1 Å². The van der Waals surface area contributed by atoms with E-state index in [9.17, 15) is 34.2 Å². The molecule has 0 aliphatic carbocycles. The van der Waals surface area contributed by atoms with Crippen molar-refractivity contribution in [2.45, 2.75) is 37.4 Å². The largest absolute Gasteiger partial charge is 0.508 e. The summed E-state index contributed by atoms with van der Waals surface area (Å²) >= 11 is 3.89.